The van der Waals surface area contributed by atoms with E-state index in [4.69, 9.17) is 0 Å². The van der Waals surface area contributed by atoms with Crippen LogP contribution < -0.4 is 24.8 Å². The average Bonchev–Trinajstić information content (AvgIpc) is 3.32. The fourth-order valence-electron chi connectivity index (χ4n) is 2.90. The summed E-state index contributed by atoms with van der Waals surface area (Å²) in [4.78, 5) is 0. The van der Waals surface area contributed by atoms with Crippen LogP contribution >= 0.6 is 0 Å². The van der Waals surface area contributed by atoms with Crippen molar-refractivity contribution in [3.63, 3.8) is 0 Å². The predicted molar refractivity (Wildman–Crippen MR) is 123 cm³/mol. The molecule has 2 radical (unpaired) electrons. The topological polar surface area (TPSA) is 0 Å². The van der Waals surface area contributed by atoms with Gasteiger partial charge in [-0.2, -0.15) is 58.7 Å². The summed E-state index contributed by atoms with van der Waals surface area (Å²) in [6.45, 7) is 8.70. The van der Waals surface area contributed by atoms with Crippen LogP contribution in [0.1, 0.15) is 11.1 Å². The minimum absolute atomic E-state index is 0. The van der Waals surface area contributed by atoms with Gasteiger partial charge in [-0.25, -0.2) is 0 Å². The summed E-state index contributed by atoms with van der Waals surface area (Å²) in [6, 6.07) is 33.7. The van der Waals surface area contributed by atoms with Gasteiger partial charge in [0.1, 0.15) is 0 Å². The molecule has 0 unspecified atom stereocenters. The summed E-state index contributed by atoms with van der Waals surface area (Å²) < 4.78 is 0. The van der Waals surface area contributed by atoms with E-state index in [0.717, 1.165) is 9.52 Å². The van der Waals surface area contributed by atoms with Crippen LogP contribution in [0, 0.1) is 13.8 Å². The third-order valence-corrected chi connectivity index (χ3v) is 4.24. The maximum absolute atomic E-state index is 2.21. The first kappa shape index (κ1) is 30.9. The zero-order valence-corrected chi connectivity index (χ0v) is 23.9. The molecule has 0 aromatic heterocycles. The first-order chi connectivity index (χ1) is 13.2. The summed E-state index contributed by atoms with van der Waals surface area (Å²) in [5, 5.41) is 0. The molecule has 0 heterocycles. The number of halogens is 2. The van der Waals surface area contributed by atoms with E-state index in [0.29, 0.717) is 0 Å². The quantitative estimate of drug-likeness (QED) is 0.234. The molecule has 0 aliphatic heterocycles. The zero-order valence-electron chi connectivity index (χ0n) is 18.0. The summed E-state index contributed by atoms with van der Waals surface area (Å²) in [5.41, 5.74) is 7.99. The second-order valence-corrected chi connectivity index (χ2v) is 7.71. The van der Waals surface area contributed by atoms with Crippen molar-refractivity contribution in [3.8, 4) is 22.3 Å². The Morgan fingerprint density at radius 1 is 0.567 bits per heavy atom. The van der Waals surface area contributed by atoms with Gasteiger partial charge in [0, 0.05) is 9.52 Å². The second-order valence-electron chi connectivity index (χ2n) is 6.55. The van der Waals surface area contributed by atoms with Crippen molar-refractivity contribution in [1.82, 2.24) is 0 Å². The second kappa shape index (κ2) is 17.4. The predicted octanol–water partition coefficient (Wildman–Crippen LogP) is 1.29. The van der Waals surface area contributed by atoms with Gasteiger partial charge in [-0.05, 0) is 0 Å². The molecule has 0 spiro atoms. The van der Waals surface area contributed by atoms with Crippen LogP contribution in [0.5, 0.6) is 0 Å². The third kappa shape index (κ3) is 9.66. The fourth-order valence-corrected chi connectivity index (χ4v) is 2.90. The summed E-state index contributed by atoms with van der Waals surface area (Å²) in [5.74, 6) is 0. The standard InChI is InChI=1S/2C12H11.C2H7Si.2ClH.Ta/c2*1-10-6-5-9-12(10)11-7-3-2-4-8-11;1-3-2;;;/h2*2-9H,1H3;3H,1-2H3;2*1H;/q2*-1;;;;+2/p-2. The molecule has 0 atom stereocenters. The number of hydrogen-bond acceptors (Lipinski definition) is 0. The Balaban J connectivity index is 0. The molecular formula is C26H29Cl2SiTa-2. The van der Waals surface area contributed by atoms with Crippen LogP contribution in [0.2, 0.25) is 13.1 Å². The first-order valence-corrected chi connectivity index (χ1v) is 11.8. The number of rotatable bonds is 2. The Labute approximate surface area is 213 Å². The van der Waals surface area contributed by atoms with Gasteiger partial charge in [0.15, 0.2) is 0 Å². The van der Waals surface area contributed by atoms with Crippen molar-refractivity contribution < 1.29 is 47.2 Å². The maximum Gasteiger partial charge on any atom is 2.00 e. The van der Waals surface area contributed by atoms with Crippen LogP contribution in [0.25, 0.3) is 22.3 Å². The molecule has 0 aliphatic rings. The van der Waals surface area contributed by atoms with Crippen LogP contribution in [-0.2, 0) is 22.4 Å². The van der Waals surface area contributed by atoms with E-state index in [1.54, 1.807) is 0 Å². The molecule has 0 bridgehead atoms. The monoisotopic (exact) mass is 620 g/mol. The third-order valence-electron chi connectivity index (χ3n) is 4.24. The van der Waals surface area contributed by atoms with Gasteiger partial charge in [-0.15, -0.1) is 0 Å². The molecule has 4 aromatic rings. The Morgan fingerprint density at radius 2 is 0.867 bits per heavy atom. The zero-order chi connectivity index (χ0) is 19.5. The van der Waals surface area contributed by atoms with Crippen molar-refractivity contribution in [2.24, 2.45) is 0 Å². The molecule has 0 saturated heterocycles. The Hall–Kier alpha value is -1.32. The number of hydrogen-bond donors (Lipinski definition) is 0. The SMILES string of the molecule is C[SiH]C.Cc1c[cH-]cc1-c1ccccc1.Cc1c[cH-]cc1-c1ccccc1.[Cl-].[Cl-].[Ta+2]. The fraction of sp³-hybridized carbons (Fsp3) is 0.154. The molecule has 0 nitrogen and oxygen atoms in total. The van der Waals surface area contributed by atoms with Crippen LogP contribution in [0.4, 0.5) is 0 Å². The minimum Gasteiger partial charge on any atom is -1.00 e. The van der Waals surface area contributed by atoms with Gasteiger partial charge in [-0.3, -0.25) is 0 Å². The molecule has 4 heteroatoms. The summed E-state index contributed by atoms with van der Waals surface area (Å²) >= 11 is 0. The van der Waals surface area contributed by atoms with Gasteiger partial charge in [-0.1, -0.05) is 98.7 Å². The largest absolute Gasteiger partial charge is 2.00 e. The van der Waals surface area contributed by atoms with Crippen LogP contribution in [-0.4, -0.2) is 9.52 Å². The van der Waals surface area contributed by atoms with Crippen molar-refractivity contribution >= 4 is 9.52 Å². The Morgan fingerprint density at radius 3 is 1.10 bits per heavy atom. The number of benzene rings is 2. The molecule has 30 heavy (non-hydrogen) atoms. The first-order valence-electron chi connectivity index (χ1n) is 9.46. The van der Waals surface area contributed by atoms with E-state index in [2.05, 4.69) is 112 Å². The molecule has 4 aromatic carbocycles. The van der Waals surface area contributed by atoms with Gasteiger partial charge < -0.3 is 24.8 Å². The molecule has 0 fully saturated rings. The molecule has 0 N–H and O–H groups in total. The van der Waals surface area contributed by atoms with Crippen LogP contribution in [0.3, 0.4) is 0 Å². The molecular weight excluding hydrogens is 592 g/mol. The normalized spacial score (nSPS) is 8.67. The van der Waals surface area contributed by atoms with E-state index in [1.807, 2.05) is 12.1 Å². The smallest absolute Gasteiger partial charge is 1.00 e. The minimum atomic E-state index is 0. The molecule has 158 valence electrons. The van der Waals surface area contributed by atoms with Gasteiger partial charge >= 0.3 is 22.4 Å². The van der Waals surface area contributed by atoms with E-state index >= 15 is 0 Å². The Bertz CT molecular complexity index is 823. The van der Waals surface area contributed by atoms with Crippen molar-refractivity contribution in [3.05, 3.63) is 108 Å². The van der Waals surface area contributed by atoms with E-state index < -0.39 is 0 Å². The maximum atomic E-state index is 2.21. The van der Waals surface area contributed by atoms with Crippen molar-refractivity contribution in [1.29, 1.82) is 0 Å². The number of aryl methyl sites for hydroxylation is 2. The Kier molecular flexibility index (Phi) is 17.9. The van der Waals surface area contributed by atoms with Gasteiger partial charge in [0.2, 0.25) is 0 Å². The summed E-state index contributed by atoms with van der Waals surface area (Å²) in [6.07, 6.45) is 0. The average molecular weight is 621 g/mol. The molecule has 4 rings (SSSR count). The summed E-state index contributed by atoms with van der Waals surface area (Å²) in [7, 11) is 0.750. The molecule has 0 aliphatic carbocycles. The van der Waals surface area contributed by atoms with Crippen molar-refractivity contribution in [2.45, 2.75) is 26.9 Å². The van der Waals surface area contributed by atoms with E-state index in [-0.39, 0.29) is 47.2 Å². The van der Waals surface area contributed by atoms with Crippen LogP contribution in [0.15, 0.2) is 97.1 Å². The van der Waals surface area contributed by atoms with Gasteiger partial charge in [0.05, 0.1) is 0 Å². The van der Waals surface area contributed by atoms with E-state index in [9.17, 15) is 0 Å². The van der Waals surface area contributed by atoms with Crippen molar-refractivity contribution in [2.75, 3.05) is 0 Å². The molecule has 0 amide bonds. The van der Waals surface area contributed by atoms with Gasteiger partial charge in [0.25, 0.3) is 0 Å². The van der Waals surface area contributed by atoms with E-state index in [1.165, 1.54) is 33.4 Å². The molecule has 0 saturated carbocycles.